The average molecular weight is 199 g/mol. The van der Waals surface area contributed by atoms with Crippen LogP contribution >= 0.6 is 0 Å². The molecule has 3 unspecified atom stereocenters. The number of aliphatic carboxylic acids is 1. The molecule has 0 aliphatic heterocycles. The Labute approximate surface area is 86.1 Å². The average Bonchev–Trinajstić information content (AvgIpc) is 2.77. The van der Waals surface area contributed by atoms with Gasteiger partial charge in [0.25, 0.3) is 0 Å². The second-order valence-electron chi connectivity index (χ2n) is 5.00. The van der Waals surface area contributed by atoms with Gasteiger partial charge in [0.1, 0.15) is 0 Å². The van der Waals surface area contributed by atoms with Gasteiger partial charge in [-0.25, -0.2) is 0 Å². The second-order valence-corrected chi connectivity index (χ2v) is 5.00. The SMILES string of the molecule is CC(C)CC(C1CC1C(=O)O)N(C)C. The summed E-state index contributed by atoms with van der Waals surface area (Å²) in [5.74, 6) is 0.314. The van der Waals surface area contributed by atoms with E-state index in [0.29, 0.717) is 17.9 Å². The highest BCUT2D eigenvalue weighted by molar-refractivity contribution is 5.73. The summed E-state index contributed by atoms with van der Waals surface area (Å²) in [6.07, 6.45) is 1.96. The summed E-state index contributed by atoms with van der Waals surface area (Å²) in [5.41, 5.74) is 0. The van der Waals surface area contributed by atoms with Crippen LogP contribution in [0.15, 0.2) is 0 Å². The van der Waals surface area contributed by atoms with E-state index in [-0.39, 0.29) is 5.92 Å². The minimum absolute atomic E-state index is 0.0823. The van der Waals surface area contributed by atoms with E-state index in [2.05, 4.69) is 18.7 Å². The Hall–Kier alpha value is -0.570. The van der Waals surface area contributed by atoms with E-state index in [1.165, 1.54) is 0 Å². The van der Waals surface area contributed by atoms with Crippen molar-refractivity contribution in [2.45, 2.75) is 32.7 Å². The number of carboxylic acids is 1. The third-order valence-corrected chi connectivity index (χ3v) is 3.03. The molecule has 0 aromatic rings. The van der Waals surface area contributed by atoms with Gasteiger partial charge in [-0.05, 0) is 38.8 Å². The molecule has 3 atom stereocenters. The van der Waals surface area contributed by atoms with Gasteiger partial charge < -0.3 is 10.0 Å². The van der Waals surface area contributed by atoms with E-state index in [4.69, 9.17) is 5.11 Å². The first-order chi connectivity index (χ1) is 6.43. The Kier molecular flexibility index (Phi) is 3.53. The van der Waals surface area contributed by atoms with E-state index in [1.807, 2.05) is 14.1 Å². The molecule has 3 nitrogen and oxygen atoms in total. The first-order valence-electron chi connectivity index (χ1n) is 5.32. The van der Waals surface area contributed by atoms with Crippen LogP contribution in [0.5, 0.6) is 0 Å². The highest BCUT2D eigenvalue weighted by atomic mass is 16.4. The number of hydrogen-bond acceptors (Lipinski definition) is 2. The molecule has 1 aliphatic rings. The number of nitrogens with zero attached hydrogens (tertiary/aromatic N) is 1. The van der Waals surface area contributed by atoms with Crippen LogP contribution in [0.2, 0.25) is 0 Å². The molecule has 14 heavy (non-hydrogen) atoms. The van der Waals surface area contributed by atoms with Gasteiger partial charge in [-0.1, -0.05) is 13.8 Å². The summed E-state index contributed by atoms with van der Waals surface area (Å²) in [6.45, 7) is 4.38. The van der Waals surface area contributed by atoms with Gasteiger partial charge in [0, 0.05) is 6.04 Å². The monoisotopic (exact) mass is 199 g/mol. The molecule has 0 saturated heterocycles. The predicted molar refractivity (Wildman–Crippen MR) is 56.2 cm³/mol. The first kappa shape index (κ1) is 11.5. The van der Waals surface area contributed by atoms with Crippen LogP contribution in [0, 0.1) is 17.8 Å². The first-order valence-corrected chi connectivity index (χ1v) is 5.32. The van der Waals surface area contributed by atoms with Crippen molar-refractivity contribution in [1.82, 2.24) is 4.90 Å². The fraction of sp³-hybridized carbons (Fsp3) is 0.909. The highest BCUT2D eigenvalue weighted by Gasteiger charge is 2.48. The summed E-state index contributed by atoms with van der Waals surface area (Å²) >= 11 is 0. The normalized spacial score (nSPS) is 28.1. The lowest BCUT2D eigenvalue weighted by Gasteiger charge is -2.26. The molecular formula is C11H21NO2. The molecule has 0 aromatic carbocycles. The third kappa shape index (κ3) is 2.71. The lowest BCUT2D eigenvalue weighted by atomic mass is 9.98. The molecule has 1 saturated carbocycles. The van der Waals surface area contributed by atoms with Gasteiger partial charge >= 0.3 is 5.97 Å². The van der Waals surface area contributed by atoms with E-state index in [1.54, 1.807) is 0 Å². The van der Waals surface area contributed by atoms with Crippen molar-refractivity contribution in [3.05, 3.63) is 0 Å². The van der Waals surface area contributed by atoms with Crippen LogP contribution in [0.4, 0.5) is 0 Å². The largest absolute Gasteiger partial charge is 0.481 e. The standard InChI is InChI=1S/C11H21NO2/c1-7(2)5-10(12(3)4)8-6-9(8)11(13)14/h7-10H,5-6H2,1-4H3,(H,13,14). The zero-order chi connectivity index (χ0) is 10.9. The van der Waals surface area contributed by atoms with E-state index < -0.39 is 5.97 Å². The van der Waals surface area contributed by atoms with Crippen molar-refractivity contribution < 1.29 is 9.90 Å². The number of carbonyl (C=O) groups is 1. The molecule has 3 heteroatoms. The summed E-state index contributed by atoms with van der Waals surface area (Å²) in [7, 11) is 4.09. The summed E-state index contributed by atoms with van der Waals surface area (Å²) in [6, 6.07) is 0.441. The van der Waals surface area contributed by atoms with Crippen LogP contribution in [0.1, 0.15) is 26.7 Å². The molecule has 1 rings (SSSR count). The third-order valence-electron chi connectivity index (χ3n) is 3.03. The minimum atomic E-state index is -0.620. The van der Waals surface area contributed by atoms with Gasteiger partial charge in [0.15, 0.2) is 0 Å². The molecule has 1 aliphatic carbocycles. The summed E-state index contributed by atoms with van der Waals surface area (Å²) in [4.78, 5) is 12.9. The van der Waals surface area contributed by atoms with Gasteiger partial charge in [-0.15, -0.1) is 0 Å². The van der Waals surface area contributed by atoms with Crippen molar-refractivity contribution in [2.24, 2.45) is 17.8 Å². The van der Waals surface area contributed by atoms with Crippen molar-refractivity contribution >= 4 is 5.97 Å². The Bertz CT molecular complexity index is 213. The van der Waals surface area contributed by atoms with Crippen molar-refractivity contribution in [3.8, 4) is 0 Å². The molecule has 0 amide bonds. The lowest BCUT2D eigenvalue weighted by molar-refractivity contribution is -0.139. The molecule has 0 spiro atoms. The molecule has 1 N–H and O–H groups in total. The fourth-order valence-electron chi connectivity index (χ4n) is 2.18. The predicted octanol–water partition coefficient (Wildman–Crippen LogP) is 1.68. The maximum Gasteiger partial charge on any atom is 0.306 e. The molecule has 0 heterocycles. The zero-order valence-electron chi connectivity index (χ0n) is 9.53. The number of rotatable bonds is 5. The molecular weight excluding hydrogens is 178 g/mol. The quantitative estimate of drug-likeness (QED) is 0.732. The minimum Gasteiger partial charge on any atom is -0.481 e. The Morgan fingerprint density at radius 2 is 2.07 bits per heavy atom. The van der Waals surface area contributed by atoms with Gasteiger partial charge in [-0.2, -0.15) is 0 Å². The van der Waals surface area contributed by atoms with Crippen molar-refractivity contribution in [2.75, 3.05) is 14.1 Å². The highest BCUT2D eigenvalue weighted by Crippen LogP contribution is 2.44. The lowest BCUT2D eigenvalue weighted by Crippen LogP contribution is -2.32. The van der Waals surface area contributed by atoms with Crippen LogP contribution in [-0.2, 0) is 4.79 Å². The number of carboxylic acid groups (broad SMARTS) is 1. The zero-order valence-corrected chi connectivity index (χ0v) is 9.53. The Balaban J connectivity index is 2.49. The van der Waals surface area contributed by atoms with Gasteiger partial charge in [0.05, 0.1) is 5.92 Å². The van der Waals surface area contributed by atoms with E-state index in [9.17, 15) is 4.79 Å². The maximum absolute atomic E-state index is 10.8. The van der Waals surface area contributed by atoms with Gasteiger partial charge in [0.2, 0.25) is 0 Å². The smallest absolute Gasteiger partial charge is 0.306 e. The molecule has 0 aromatic heterocycles. The summed E-state index contributed by atoms with van der Waals surface area (Å²) < 4.78 is 0. The topological polar surface area (TPSA) is 40.5 Å². The molecule has 0 radical (unpaired) electrons. The van der Waals surface area contributed by atoms with E-state index in [0.717, 1.165) is 12.8 Å². The van der Waals surface area contributed by atoms with Crippen molar-refractivity contribution in [1.29, 1.82) is 0 Å². The Morgan fingerprint density at radius 3 is 2.36 bits per heavy atom. The van der Waals surface area contributed by atoms with E-state index >= 15 is 0 Å². The number of hydrogen-bond donors (Lipinski definition) is 1. The maximum atomic E-state index is 10.8. The Morgan fingerprint density at radius 1 is 1.50 bits per heavy atom. The van der Waals surface area contributed by atoms with Crippen molar-refractivity contribution in [3.63, 3.8) is 0 Å². The van der Waals surface area contributed by atoms with Crippen LogP contribution < -0.4 is 0 Å². The molecule has 82 valence electrons. The molecule has 1 fully saturated rings. The second kappa shape index (κ2) is 4.30. The molecule has 0 bridgehead atoms. The van der Waals surface area contributed by atoms with Crippen LogP contribution in [0.3, 0.4) is 0 Å². The van der Waals surface area contributed by atoms with Crippen LogP contribution in [-0.4, -0.2) is 36.1 Å². The van der Waals surface area contributed by atoms with Gasteiger partial charge in [-0.3, -0.25) is 4.79 Å². The van der Waals surface area contributed by atoms with Crippen LogP contribution in [0.25, 0.3) is 0 Å². The summed E-state index contributed by atoms with van der Waals surface area (Å²) in [5, 5.41) is 8.87. The fourth-order valence-corrected chi connectivity index (χ4v) is 2.18.